The van der Waals surface area contributed by atoms with Crippen molar-refractivity contribution in [2.45, 2.75) is 0 Å². The Morgan fingerprint density at radius 2 is 0.508 bits per heavy atom. The van der Waals surface area contributed by atoms with Crippen molar-refractivity contribution in [3.05, 3.63) is 167 Å². The van der Waals surface area contributed by atoms with E-state index in [1.54, 1.807) is 72.8 Å². The van der Waals surface area contributed by atoms with E-state index in [4.69, 9.17) is 117 Å². The molecule has 3 aromatic heterocycles. The molecule has 8 bridgehead atoms. The van der Waals surface area contributed by atoms with E-state index in [9.17, 15) is 0 Å². The van der Waals surface area contributed by atoms with Crippen molar-refractivity contribution in [1.29, 1.82) is 0 Å². The van der Waals surface area contributed by atoms with Crippen LogP contribution in [-0.2, 0) is 24.1 Å². The van der Waals surface area contributed by atoms with Crippen LogP contribution in [0.3, 0.4) is 0 Å². The smallest absolute Gasteiger partial charge is 2.00 e. The minimum atomic E-state index is 0. The third kappa shape index (κ3) is 7.95. The van der Waals surface area contributed by atoms with E-state index < -0.39 is 0 Å². The van der Waals surface area contributed by atoms with E-state index in [-0.39, 0.29) is 19.5 Å². The second kappa shape index (κ2) is 18.0. The zero-order valence-corrected chi connectivity index (χ0v) is 37.4. The van der Waals surface area contributed by atoms with E-state index in [2.05, 4.69) is 6.65 Å². The standard InChI is InChI=1S/C44H20Cl8N4.CO.Ru/c45-21-5-1-6-22(46)37(21)41-29-13-15-31(53-29)42(38-23(47)7-2-8-24(38)48)33-17-19-35(55-33)44(40-27(51)11-4-12-28(40)52)36-20-18-34(56-36)43(32-16-14-30(41)54-32)39-25(49)9-3-10-26(39)50;1-2;/h1-20H;;/q-2;;+2. The number of aromatic nitrogens is 4. The van der Waals surface area contributed by atoms with E-state index >= 15 is 0 Å². The van der Waals surface area contributed by atoms with Crippen molar-refractivity contribution in [1.82, 2.24) is 19.9 Å². The molecule has 0 N–H and O–H groups in total. The molecule has 7 aromatic rings. The summed E-state index contributed by atoms with van der Waals surface area (Å²) in [6.45, 7) is 4.50. The van der Waals surface area contributed by atoms with Crippen molar-refractivity contribution in [2.75, 3.05) is 0 Å². The average molecular weight is 1020 g/mol. The molecule has 0 amide bonds. The third-order valence-corrected chi connectivity index (χ3v) is 12.0. The molecule has 0 saturated heterocycles. The Morgan fingerprint density at radius 3 is 0.695 bits per heavy atom. The second-order valence-corrected chi connectivity index (χ2v) is 16.0. The normalized spacial score (nSPS) is 11.6. The van der Waals surface area contributed by atoms with Crippen LogP contribution in [0.25, 0.3) is 90.9 Å². The van der Waals surface area contributed by atoms with Gasteiger partial charge in [0.05, 0.1) is 22.8 Å². The topological polar surface area (TPSA) is 73.9 Å². The molecule has 14 heteroatoms. The Balaban J connectivity index is 0.00000173. The Bertz CT molecular complexity index is 2620. The first-order chi connectivity index (χ1) is 28.1. The van der Waals surface area contributed by atoms with Gasteiger partial charge in [-0.2, -0.15) is 0 Å². The summed E-state index contributed by atoms with van der Waals surface area (Å²) in [4.78, 5) is 20.8. The van der Waals surface area contributed by atoms with Gasteiger partial charge in [-0.05, 0) is 95.1 Å². The van der Waals surface area contributed by atoms with E-state index in [1.807, 2.05) is 48.6 Å². The summed E-state index contributed by atoms with van der Waals surface area (Å²) in [5.74, 6) is 0. The van der Waals surface area contributed by atoms with Crippen LogP contribution in [0.5, 0.6) is 0 Å². The van der Waals surface area contributed by atoms with Crippen molar-refractivity contribution in [2.24, 2.45) is 0 Å². The molecule has 0 atom stereocenters. The molecule has 59 heavy (non-hydrogen) atoms. The molecule has 2 aliphatic rings. The molecule has 0 unspecified atom stereocenters. The fourth-order valence-electron chi connectivity index (χ4n) is 7.06. The molecular formula is C45H20Cl8N4ORu. The van der Waals surface area contributed by atoms with Crippen LogP contribution >= 0.6 is 92.8 Å². The molecule has 0 fully saturated rings. The van der Waals surface area contributed by atoms with Gasteiger partial charge < -0.3 is 9.97 Å². The average Bonchev–Trinajstić information content (AvgIpc) is 4.04. The summed E-state index contributed by atoms with van der Waals surface area (Å²) in [6.07, 6.45) is 7.53. The summed E-state index contributed by atoms with van der Waals surface area (Å²) >= 11 is 55.4. The van der Waals surface area contributed by atoms with Crippen LogP contribution in [0.4, 0.5) is 0 Å². The van der Waals surface area contributed by atoms with Gasteiger partial charge >= 0.3 is 30.8 Å². The summed E-state index contributed by atoms with van der Waals surface area (Å²) in [6, 6.07) is 28.8. The monoisotopic (exact) mass is 1010 g/mol. The largest absolute Gasteiger partial charge is 2.00 e. The van der Waals surface area contributed by atoms with Gasteiger partial charge in [-0.1, -0.05) is 141 Å². The first kappa shape index (κ1) is 43.3. The van der Waals surface area contributed by atoms with Crippen molar-refractivity contribution in [3.8, 4) is 44.5 Å². The van der Waals surface area contributed by atoms with Gasteiger partial charge in [-0.3, -0.25) is 0 Å². The van der Waals surface area contributed by atoms with Crippen molar-refractivity contribution < 1.29 is 24.1 Å². The molecule has 290 valence electrons. The molecule has 0 aliphatic carbocycles. The molecule has 0 spiro atoms. The summed E-state index contributed by atoms with van der Waals surface area (Å²) in [7, 11) is 0. The SMILES string of the molecule is Clc1cccc(Cl)c1-c1c2nc(c(-c3c(Cl)cccc3Cl)c3ccc([n-]3)c(-c3c(Cl)cccc3Cl)c3nc(c(-c4c(Cl)cccc4Cl)c4ccc1[n-]4)C=C3)C=C2.[C-]#[O+].[Ru+2]. The summed E-state index contributed by atoms with van der Waals surface area (Å²) in [5, 5.41) is 3.32. The quantitative estimate of drug-likeness (QED) is 0.100. The number of halogens is 8. The number of nitrogens with zero attached hydrogens (tertiary/aromatic N) is 4. The molecule has 0 saturated carbocycles. The second-order valence-electron chi connectivity index (χ2n) is 12.7. The van der Waals surface area contributed by atoms with Crippen LogP contribution in [-0.4, -0.2) is 9.97 Å². The van der Waals surface area contributed by atoms with Gasteiger partial charge in [0.2, 0.25) is 0 Å². The van der Waals surface area contributed by atoms with Gasteiger partial charge in [-0.15, -0.1) is 22.1 Å². The van der Waals surface area contributed by atoms with Gasteiger partial charge in [0.1, 0.15) is 0 Å². The predicted octanol–water partition coefficient (Wildman–Crippen LogP) is 15.8. The number of hydrogen-bond donors (Lipinski definition) is 0. The molecule has 5 heterocycles. The van der Waals surface area contributed by atoms with Gasteiger partial charge in [0, 0.05) is 62.4 Å². The molecule has 2 aliphatic heterocycles. The number of fused-ring (bicyclic) bond motifs is 8. The van der Waals surface area contributed by atoms with E-state index in [0.29, 0.717) is 130 Å². The fraction of sp³-hybridized carbons (Fsp3) is 0. The summed E-state index contributed by atoms with van der Waals surface area (Å²) < 4.78 is 7.50. The number of rotatable bonds is 4. The van der Waals surface area contributed by atoms with E-state index in [1.165, 1.54) is 0 Å². The maximum Gasteiger partial charge on any atom is 2.00 e. The minimum Gasteiger partial charge on any atom is 2.00 e. The molecule has 5 nitrogen and oxygen atoms in total. The minimum absolute atomic E-state index is 0. The Kier molecular flexibility index (Phi) is 13.2. The van der Waals surface area contributed by atoms with Gasteiger partial charge in [-0.25, -0.2) is 9.97 Å². The molecular weight excluding hydrogens is 997 g/mol. The van der Waals surface area contributed by atoms with Crippen LogP contribution in [0.1, 0.15) is 22.8 Å². The van der Waals surface area contributed by atoms with Crippen molar-refractivity contribution >= 4 is 139 Å². The Morgan fingerprint density at radius 1 is 0.322 bits per heavy atom. The zero-order valence-electron chi connectivity index (χ0n) is 29.6. The first-order valence-corrected chi connectivity index (χ1v) is 20.1. The first-order valence-electron chi connectivity index (χ1n) is 17.1. The van der Waals surface area contributed by atoms with Crippen molar-refractivity contribution in [3.63, 3.8) is 0 Å². The number of benzene rings is 4. The molecule has 4 aromatic carbocycles. The van der Waals surface area contributed by atoms with E-state index in [0.717, 1.165) is 0 Å². The zero-order chi connectivity index (χ0) is 40.8. The van der Waals surface area contributed by atoms with Crippen LogP contribution < -0.4 is 9.97 Å². The van der Waals surface area contributed by atoms with Gasteiger partial charge in [0.15, 0.2) is 0 Å². The Hall–Kier alpha value is -3.84. The fourth-order valence-corrected chi connectivity index (χ4v) is 9.40. The summed E-state index contributed by atoms with van der Waals surface area (Å²) in [5.41, 5.74) is 8.93. The third-order valence-electron chi connectivity index (χ3n) is 9.46. The maximum absolute atomic E-state index is 7.50. The molecule has 0 radical (unpaired) electrons. The van der Waals surface area contributed by atoms with Crippen LogP contribution in [0, 0.1) is 6.65 Å². The predicted molar refractivity (Wildman–Crippen MR) is 243 cm³/mol. The maximum atomic E-state index is 7.50. The van der Waals surface area contributed by atoms with Crippen LogP contribution in [0.2, 0.25) is 40.2 Å². The van der Waals surface area contributed by atoms with Gasteiger partial charge in [0.25, 0.3) is 0 Å². The Labute approximate surface area is 391 Å². The van der Waals surface area contributed by atoms with Crippen LogP contribution in [0.15, 0.2) is 97.1 Å². The number of hydrogen-bond acceptors (Lipinski definition) is 2. The molecule has 9 rings (SSSR count).